The van der Waals surface area contributed by atoms with E-state index in [1.165, 1.54) is 23.2 Å². The minimum atomic E-state index is -1.57. The maximum absolute atomic E-state index is 13.3. The van der Waals surface area contributed by atoms with E-state index in [0.29, 0.717) is 31.6 Å². The predicted octanol–water partition coefficient (Wildman–Crippen LogP) is -0.292. The number of phenolic OH excluding ortho intramolecular Hbond substituents is 1. The lowest BCUT2D eigenvalue weighted by atomic mass is 10.0. The molecule has 3 amide bonds. The number of thiazole rings is 1. The summed E-state index contributed by atoms with van der Waals surface area (Å²) in [7, 11) is 0. The first kappa shape index (κ1) is 30.8. The molecule has 5 heterocycles. The summed E-state index contributed by atoms with van der Waals surface area (Å²) in [6, 6.07) is 9.76. The number of nitrogens with two attached hydrogens (primary N) is 1. The molecule has 236 valence electrons. The largest absolute Gasteiger partial charge is 0.543 e. The number of likely N-dealkylation sites (tertiary alicyclic amines) is 1. The Kier molecular flexibility index (Phi) is 8.46. The number of oxime groups is 1. The predicted molar refractivity (Wildman–Crippen MR) is 164 cm³/mol. The molecule has 0 spiro atoms. The van der Waals surface area contributed by atoms with Crippen molar-refractivity contribution in [2.75, 3.05) is 18.0 Å². The fourth-order valence-electron chi connectivity index (χ4n) is 5.51. The van der Waals surface area contributed by atoms with Crippen molar-refractivity contribution in [3.05, 3.63) is 93.9 Å². The second-order valence-electron chi connectivity index (χ2n) is 10.7. The molecule has 0 aliphatic carbocycles. The lowest BCUT2D eigenvalue weighted by molar-refractivity contribution is -0.688. The first-order valence-electron chi connectivity index (χ1n) is 14.0. The van der Waals surface area contributed by atoms with Crippen LogP contribution < -0.4 is 20.7 Å². The molecular weight excluding hydrogens is 635 g/mol. The molecule has 46 heavy (non-hydrogen) atoms. The molecule has 14 nitrogen and oxygen atoms in total. The second-order valence-corrected chi connectivity index (χ2v) is 12.7. The smallest absolute Gasteiger partial charge is 0.276 e. The maximum atomic E-state index is 13.3. The zero-order chi connectivity index (χ0) is 32.5. The minimum absolute atomic E-state index is 0.0304. The lowest BCUT2D eigenvalue weighted by Crippen LogP contribution is -2.71. The van der Waals surface area contributed by atoms with Crippen LogP contribution in [0, 0.1) is 0 Å². The molecule has 2 atom stereocenters. The standard InChI is InChI=1S/C30H27N7O7S2/c31-30-32-21(15-46-30)22(34-44)25(39)33-23-27(41)37-24(29(42)43)19(14-45-28(23)37)11-18-6-9-36(26(18)40)13-16-4-7-35(8-5-16)12-17-2-1-3-20(38)10-17/h1-5,7-8,10-11,15,23,28H,6,9,12-14H2,(H5-,31,32,33,38,39,42,43,44)/b18-11+/t23-,28-/m1/s1. The Hall–Kier alpha value is -5.22. The highest BCUT2D eigenvalue weighted by molar-refractivity contribution is 8.00. The van der Waals surface area contributed by atoms with E-state index in [1.807, 2.05) is 35.2 Å². The number of pyridine rings is 1. The Labute approximate surface area is 270 Å². The van der Waals surface area contributed by atoms with Crippen LogP contribution in [0.3, 0.4) is 0 Å². The van der Waals surface area contributed by atoms with Crippen molar-refractivity contribution in [2.45, 2.75) is 30.9 Å². The van der Waals surface area contributed by atoms with Gasteiger partial charge in [-0.25, -0.2) is 9.55 Å². The van der Waals surface area contributed by atoms with Crippen LogP contribution in [-0.4, -0.2) is 78.2 Å². The van der Waals surface area contributed by atoms with Crippen LogP contribution in [0.5, 0.6) is 5.75 Å². The summed E-state index contributed by atoms with van der Waals surface area (Å²) in [5, 5.41) is 37.6. The molecule has 2 aromatic heterocycles. The van der Waals surface area contributed by atoms with E-state index >= 15 is 0 Å². The van der Waals surface area contributed by atoms with Crippen molar-refractivity contribution in [1.29, 1.82) is 0 Å². The minimum Gasteiger partial charge on any atom is -0.543 e. The Morgan fingerprint density at radius 1 is 1.22 bits per heavy atom. The van der Waals surface area contributed by atoms with E-state index in [9.17, 15) is 34.6 Å². The van der Waals surface area contributed by atoms with E-state index in [-0.39, 0.29) is 39.5 Å². The van der Waals surface area contributed by atoms with Crippen molar-refractivity contribution in [2.24, 2.45) is 5.16 Å². The highest BCUT2D eigenvalue weighted by Crippen LogP contribution is 2.41. The van der Waals surface area contributed by atoms with Gasteiger partial charge in [0.25, 0.3) is 11.8 Å². The average molecular weight is 662 g/mol. The molecule has 0 radical (unpaired) electrons. The maximum Gasteiger partial charge on any atom is 0.276 e. The lowest BCUT2D eigenvalue weighted by Gasteiger charge is -2.50. The van der Waals surface area contributed by atoms with Gasteiger partial charge in [-0.15, -0.1) is 23.1 Å². The van der Waals surface area contributed by atoms with Crippen LogP contribution in [-0.2, 0) is 32.3 Å². The molecule has 0 saturated carbocycles. The molecule has 0 unspecified atom stereocenters. The number of thioether (sulfide) groups is 1. The van der Waals surface area contributed by atoms with Crippen LogP contribution >= 0.6 is 23.1 Å². The number of carboxylic acid groups (broad SMARTS) is 1. The number of fused-ring (bicyclic) bond motifs is 1. The van der Waals surface area contributed by atoms with Gasteiger partial charge in [0.1, 0.15) is 22.9 Å². The van der Waals surface area contributed by atoms with Crippen LogP contribution in [0.2, 0.25) is 0 Å². The fourth-order valence-corrected chi connectivity index (χ4v) is 7.36. The number of β-lactam (4-membered cyclic amide) rings is 1. The zero-order valence-corrected chi connectivity index (χ0v) is 25.7. The third-order valence-electron chi connectivity index (χ3n) is 7.73. The van der Waals surface area contributed by atoms with Gasteiger partial charge in [-0.05, 0) is 35.8 Å². The zero-order valence-electron chi connectivity index (χ0n) is 24.0. The molecule has 16 heteroatoms. The van der Waals surface area contributed by atoms with Crippen LogP contribution in [0.15, 0.2) is 82.2 Å². The monoisotopic (exact) mass is 661 g/mol. The third-order valence-corrected chi connectivity index (χ3v) is 9.70. The van der Waals surface area contributed by atoms with E-state index in [1.54, 1.807) is 23.1 Å². The van der Waals surface area contributed by atoms with Gasteiger partial charge in [-0.3, -0.25) is 19.3 Å². The summed E-state index contributed by atoms with van der Waals surface area (Å²) in [6.45, 7) is 1.39. The van der Waals surface area contributed by atoms with Gasteiger partial charge in [-0.1, -0.05) is 17.3 Å². The van der Waals surface area contributed by atoms with Gasteiger partial charge < -0.3 is 36.2 Å². The summed E-state index contributed by atoms with van der Waals surface area (Å²) in [6.07, 6.45) is 5.72. The van der Waals surface area contributed by atoms with E-state index < -0.39 is 34.9 Å². The summed E-state index contributed by atoms with van der Waals surface area (Å²) in [5.41, 5.74) is 7.39. The number of nitrogens with one attached hydrogen (secondary N) is 1. The number of rotatable bonds is 9. The quantitative estimate of drug-likeness (QED) is 0.0589. The molecule has 3 aliphatic heterocycles. The fraction of sp³-hybridized carbons (Fsp3) is 0.233. The van der Waals surface area contributed by atoms with Gasteiger partial charge in [-0.2, -0.15) is 0 Å². The number of hydrogen-bond donors (Lipinski definition) is 4. The highest BCUT2D eigenvalue weighted by Gasteiger charge is 2.53. The van der Waals surface area contributed by atoms with Crippen molar-refractivity contribution >= 4 is 57.6 Å². The molecule has 2 saturated heterocycles. The number of hydrogen-bond acceptors (Lipinski definition) is 12. The van der Waals surface area contributed by atoms with Gasteiger partial charge in [0.15, 0.2) is 29.8 Å². The number of aromatic hydroxyl groups is 1. The van der Waals surface area contributed by atoms with Crippen LogP contribution in [0.4, 0.5) is 5.13 Å². The number of benzene rings is 1. The summed E-state index contributed by atoms with van der Waals surface area (Å²) in [4.78, 5) is 58.0. The average Bonchev–Trinajstić information content (AvgIpc) is 3.61. The van der Waals surface area contributed by atoms with Crippen LogP contribution in [0.25, 0.3) is 0 Å². The molecule has 3 aromatic rings. The topological polar surface area (TPSA) is 205 Å². The summed E-state index contributed by atoms with van der Waals surface area (Å²) in [5.74, 6) is -3.00. The molecule has 2 fully saturated rings. The van der Waals surface area contributed by atoms with Gasteiger partial charge in [0.2, 0.25) is 5.91 Å². The van der Waals surface area contributed by atoms with Gasteiger partial charge in [0.05, 0.1) is 11.7 Å². The number of nitrogens with zero attached hydrogens (tertiary/aromatic N) is 5. The Morgan fingerprint density at radius 2 is 2.00 bits per heavy atom. The normalized spacial score (nSPS) is 20.6. The van der Waals surface area contributed by atoms with Crippen LogP contribution in [0.1, 0.15) is 23.2 Å². The van der Waals surface area contributed by atoms with Gasteiger partial charge in [0, 0.05) is 47.5 Å². The molecule has 5 N–H and O–H groups in total. The Balaban J connectivity index is 1.11. The number of carbonyl (C=O) groups excluding carboxylic acids is 4. The number of amides is 3. The summed E-state index contributed by atoms with van der Waals surface area (Å²) >= 11 is 2.26. The summed E-state index contributed by atoms with van der Waals surface area (Å²) < 4.78 is 1.96. The number of nitrogen functional groups attached to an aromatic ring is 1. The number of aromatic nitrogens is 2. The number of aliphatic carboxylic acids is 1. The first-order chi connectivity index (χ1) is 22.1. The highest BCUT2D eigenvalue weighted by atomic mass is 32.2. The molecule has 3 aliphatic rings. The first-order valence-corrected chi connectivity index (χ1v) is 15.9. The second kappa shape index (κ2) is 12.6. The van der Waals surface area contributed by atoms with Crippen molar-refractivity contribution in [3.63, 3.8) is 0 Å². The van der Waals surface area contributed by atoms with Crippen molar-refractivity contribution in [1.82, 2.24) is 20.1 Å². The van der Waals surface area contributed by atoms with Crippen molar-refractivity contribution in [3.8, 4) is 5.75 Å². The number of phenols is 1. The van der Waals surface area contributed by atoms with Gasteiger partial charge >= 0.3 is 0 Å². The number of carboxylic acids is 1. The molecular formula is C30H27N7O7S2. The SMILES string of the molecule is Nc1nc(/C(=N/O)C(=O)N[C@@H]2C(=O)N3C(C(=O)[O-])=C(/C=C4\CCN(Cc5cc[n+](Cc6cccc(O)c6)cc5)C4=O)CS[C@H]23)cs1. The number of carbonyl (C=O) groups is 4. The van der Waals surface area contributed by atoms with Crippen molar-refractivity contribution < 1.29 is 39.2 Å². The third kappa shape index (κ3) is 6.03. The number of allylic oxidation sites excluding steroid dienone is 1. The Bertz CT molecular complexity index is 1840. The molecule has 0 bridgehead atoms. The molecule has 6 rings (SSSR count). The van der Waals surface area contributed by atoms with E-state index in [0.717, 1.165) is 27.4 Å². The molecule has 1 aromatic carbocycles. The Morgan fingerprint density at radius 3 is 2.67 bits per heavy atom. The van der Waals surface area contributed by atoms with E-state index in [2.05, 4.69) is 15.5 Å². The van der Waals surface area contributed by atoms with E-state index in [4.69, 9.17) is 5.73 Å². The number of anilines is 1.